The monoisotopic (exact) mass is 355 g/mol. The lowest BCUT2D eigenvalue weighted by atomic mass is 9.98. The second kappa shape index (κ2) is 7.90. The maximum Gasteiger partial charge on any atom is 0.230 e. The largest absolute Gasteiger partial charge is 0.497 e. The van der Waals surface area contributed by atoms with E-state index in [1.54, 1.807) is 13.2 Å². The lowest BCUT2D eigenvalue weighted by molar-refractivity contribution is -0.122. The number of carbonyl (C=O) groups excluding carboxylic acids is 1. The Morgan fingerprint density at radius 2 is 1.88 bits per heavy atom. The summed E-state index contributed by atoms with van der Waals surface area (Å²) in [5.74, 6) is 0.926. The number of hydrogen-bond donors (Lipinski definition) is 0. The molecule has 0 heterocycles. The SMILES string of the molecule is COc1ccc(N(C(=O)C(C)Cc2cccc(F)c2)C(C)C2CC2)cc1. The average molecular weight is 355 g/mol. The first-order valence-electron chi connectivity index (χ1n) is 9.21. The van der Waals surface area contributed by atoms with E-state index in [2.05, 4.69) is 6.92 Å². The van der Waals surface area contributed by atoms with Crippen LogP contribution >= 0.6 is 0 Å². The molecule has 4 heteroatoms. The molecule has 0 aromatic heterocycles. The summed E-state index contributed by atoms with van der Waals surface area (Å²) in [7, 11) is 1.63. The highest BCUT2D eigenvalue weighted by atomic mass is 19.1. The molecule has 2 aromatic rings. The summed E-state index contributed by atoms with van der Waals surface area (Å²) in [5, 5.41) is 0. The molecule has 0 radical (unpaired) electrons. The van der Waals surface area contributed by atoms with Gasteiger partial charge in [0.1, 0.15) is 11.6 Å². The maximum absolute atomic E-state index is 13.4. The lowest BCUT2D eigenvalue weighted by Crippen LogP contribution is -2.43. The van der Waals surface area contributed by atoms with Crippen LogP contribution in [-0.4, -0.2) is 19.1 Å². The highest BCUT2D eigenvalue weighted by Crippen LogP contribution is 2.38. The molecule has 0 spiro atoms. The molecule has 0 N–H and O–H groups in total. The number of carbonyl (C=O) groups is 1. The van der Waals surface area contributed by atoms with E-state index < -0.39 is 0 Å². The third kappa shape index (κ3) is 4.24. The summed E-state index contributed by atoms with van der Waals surface area (Å²) in [6.07, 6.45) is 2.86. The van der Waals surface area contributed by atoms with Gasteiger partial charge in [-0.1, -0.05) is 19.1 Å². The lowest BCUT2D eigenvalue weighted by Gasteiger charge is -2.32. The molecular weight excluding hydrogens is 329 g/mol. The molecule has 1 amide bonds. The van der Waals surface area contributed by atoms with E-state index in [1.807, 2.05) is 42.2 Å². The minimum atomic E-state index is -0.263. The molecule has 0 bridgehead atoms. The predicted octanol–water partition coefficient (Wildman–Crippen LogP) is 4.84. The molecule has 2 unspecified atom stereocenters. The van der Waals surface area contributed by atoms with Crippen molar-refractivity contribution in [2.45, 2.75) is 39.2 Å². The van der Waals surface area contributed by atoms with Gasteiger partial charge in [-0.15, -0.1) is 0 Å². The van der Waals surface area contributed by atoms with Gasteiger partial charge in [-0.25, -0.2) is 4.39 Å². The normalized spacial score (nSPS) is 16.0. The molecule has 1 aliphatic carbocycles. The van der Waals surface area contributed by atoms with Crippen molar-refractivity contribution in [3.8, 4) is 5.75 Å². The molecule has 3 nitrogen and oxygen atoms in total. The van der Waals surface area contributed by atoms with Crippen molar-refractivity contribution in [2.24, 2.45) is 11.8 Å². The minimum Gasteiger partial charge on any atom is -0.497 e. The summed E-state index contributed by atoms with van der Waals surface area (Å²) >= 11 is 0. The van der Waals surface area contributed by atoms with Crippen LogP contribution < -0.4 is 9.64 Å². The molecule has 2 aromatic carbocycles. The topological polar surface area (TPSA) is 29.5 Å². The zero-order valence-corrected chi connectivity index (χ0v) is 15.6. The first-order chi connectivity index (χ1) is 12.5. The van der Waals surface area contributed by atoms with Crippen molar-refractivity contribution in [2.75, 3.05) is 12.0 Å². The van der Waals surface area contributed by atoms with Gasteiger partial charge >= 0.3 is 0 Å². The Balaban J connectivity index is 1.81. The Morgan fingerprint density at radius 1 is 1.19 bits per heavy atom. The number of rotatable bonds is 7. The van der Waals surface area contributed by atoms with E-state index in [1.165, 1.54) is 25.0 Å². The minimum absolute atomic E-state index is 0.0822. The molecule has 0 aliphatic heterocycles. The van der Waals surface area contributed by atoms with E-state index >= 15 is 0 Å². The number of amides is 1. The van der Waals surface area contributed by atoms with Crippen molar-refractivity contribution in [3.63, 3.8) is 0 Å². The van der Waals surface area contributed by atoms with Crippen molar-refractivity contribution < 1.29 is 13.9 Å². The van der Waals surface area contributed by atoms with Crippen LogP contribution in [0.2, 0.25) is 0 Å². The van der Waals surface area contributed by atoms with E-state index in [0.29, 0.717) is 12.3 Å². The van der Waals surface area contributed by atoms with Gasteiger partial charge in [0.15, 0.2) is 0 Å². The van der Waals surface area contributed by atoms with Gasteiger partial charge in [0.05, 0.1) is 7.11 Å². The number of nitrogens with zero attached hydrogens (tertiary/aromatic N) is 1. The Bertz CT molecular complexity index is 755. The summed E-state index contributed by atoms with van der Waals surface area (Å²) < 4.78 is 18.7. The molecule has 138 valence electrons. The summed E-state index contributed by atoms with van der Waals surface area (Å²) in [6, 6.07) is 14.3. The zero-order chi connectivity index (χ0) is 18.7. The number of ether oxygens (including phenoxy) is 1. The van der Waals surface area contributed by atoms with E-state index in [-0.39, 0.29) is 23.7 Å². The number of hydrogen-bond acceptors (Lipinski definition) is 2. The fourth-order valence-corrected chi connectivity index (χ4v) is 3.44. The van der Waals surface area contributed by atoms with Crippen LogP contribution in [0.5, 0.6) is 5.75 Å². The van der Waals surface area contributed by atoms with E-state index in [4.69, 9.17) is 4.74 Å². The smallest absolute Gasteiger partial charge is 0.230 e. The van der Waals surface area contributed by atoms with E-state index in [9.17, 15) is 9.18 Å². The standard InChI is InChI=1S/C22H26FNO2/c1-15(13-17-5-4-6-19(23)14-17)22(25)24(16(2)18-7-8-18)20-9-11-21(26-3)12-10-20/h4-6,9-12,14-16,18H,7-8,13H2,1-3H3. The van der Waals surface area contributed by atoms with Crippen molar-refractivity contribution in [3.05, 3.63) is 59.9 Å². The summed E-state index contributed by atoms with van der Waals surface area (Å²) in [6.45, 7) is 4.04. The molecule has 0 saturated heterocycles. The van der Waals surface area contributed by atoms with Crippen LogP contribution in [0.25, 0.3) is 0 Å². The quantitative estimate of drug-likeness (QED) is 0.711. The Labute approximate surface area is 154 Å². The molecule has 3 rings (SSSR count). The Hall–Kier alpha value is -2.36. The second-order valence-corrected chi connectivity index (χ2v) is 7.22. The van der Waals surface area contributed by atoms with Gasteiger partial charge < -0.3 is 9.64 Å². The highest BCUT2D eigenvalue weighted by molar-refractivity contribution is 5.95. The van der Waals surface area contributed by atoms with E-state index in [0.717, 1.165) is 17.0 Å². The first kappa shape index (κ1) is 18.4. The second-order valence-electron chi connectivity index (χ2n) is 7.22. The summed E-state index contributed by atoms with van der Waals surface area (Å²) in [4.78, 5) is 15.2. The van der Waals surface area contributed by atoms with Crippen LogP contribution in [0.1, 0.15) is 32.3 Å². The van der Waals surface area contributed by atoms with Crippen molar-refractivity contribution in [1.82, 2.24) is 0 Å². The maximum atomic E-state index is 13.4. The van der Waals surface area contributed by atoms with Gasteiger partial charge in [-0.2, -0.15) is 0 Å². The third-order valence-corrected chi connectivity index (χ3v) is 5.15. The van der Waals surface area contributed by atoms with Crippen molar-refractivity contribution in [1.29, 1.82) is 0 Å². The molecular formula is C22H26FNO2. The first-order valence-corrected chi connectivity index (χ1v) is 9.21. The van der Waals surface area contributed by atoms with Gasteiger partial charge in [0.25, 0.3) is 0 Å². The Kier molecular flexibility index (Phi) is 5.60. The van der Waals surface area contributed by atoms with Gasteiger partial charge in [-0.05, 0) is 74.1 Å². The number of halogens is 1. The molecule has 1 fully saturated rings. The van der Waals surface area contributed by atoms with Crippen LogP contribution in [-0.2, 0) is 11.2 Å². The van der Waals surface area contributed by atoms with Crippen molar-refractivity contribution >= 4 is 11.6 Å². The predicted molar refractivity (Wildman–Crippen MR) is 102 cm³/mol. The van der Waals surface area contributed by atoms with Crippen LogP contribution in [0, 0.1) is 17.7 Å². The molecule has 26 heavy (non-hydrogen) atoms. The number of benzene rings is 2. The number of methoxy groups -OCH3 is 1. The van der Waals surface area contributed by atoms with Crippen LogP contribution in [0.3, 0.4) is 0 Å². The fourth-order valence-electron chi connectivity index (χ4n) is 3.44. The molecule has 1 saturated carbocycles. The Morgan fingerprint density at radius 3 is 2.46 bits per heavy atom. The number of anilines is 1. The summed E-state index contributed by atoms with van der Waals surface area (Å²) in [5.41, 5.74) is 1.74. The third-order valence-electron chi connectivity index (χ3n) is 5.15. The fraction of sp³-hybridized carbons (Fsp3) is 0.409. The van der Waals surface area contributed by atoms with Gasteiger partial charge in [-0.3, -0.25) is 4.79 Å². The van der Waals surface area contributed by atoms with Gasteiger partial charge in [0.2, 0.25) is 5.91 Å². The molecule has 2 atom stereocenters. The van der Waals surface area contributed by atoms with Crippen LogP contribution in [0.4, 0.5) is 10.1 Å². The average Bonchev–Trinajstić information content (AvgIpc) is 3.47. The van der Waals surface area contributed by atoms with Crippen LogP contribution in [0.15, 0.2) is 48.5 Å². The highest BCUT2D eigenvalue weighted by Gasteiger charge is 2.36. The van der Waals surface area contributed by atoms with Gasteiger partial charge in [0, 0.05) is 17.6 Å². The molecule has 1 aliphatic rings. The zero-order valence-electron chi connectivity index (χ0n) is 15.6.